The zero-order valence-corrected chi connectivity index (χ0v) is 9.81. The first-order valence-electron chi connectivity index (χ1n) is 5.84. The van der Waals surface area contributed by atoms with Crippen LogP contribution in [0.2, 0.25) is 0 Å². The summed E-state index contributed by atoms with van der Waals surface area (Å²) in [6.07, 6.45) is 2.85. The Bertz CT molecular complexity index is 197. The number of hydrogen-bond acceptors (Lipinski definition) is 2. The van der Waals surface area contributed by atoms with Gasteiger partial charge in [-0.2, -0.15) is 0 Å². The van der Waals surface area contributed by atoms with Gasteiger partial charge in [-0.15, -0.1) is 0 Å². The molecule has 1 aliphatic carbocycles. The van der Waals surface area contributed by atoms with E-state index in [2.05, 4.69) is 25.7 Å². The maximum atomic E-state index is 5.38. The Morgan fingerprint density at radius 3 is 2.14 bits per heavy atom. The summed E-state index contributed by atoms with van der Waals surface area (Å²) in [6, 6.07) is 0. The highest BCUT2D eigenvalue weighted by molar-refractivity contribution is 5.03. The molecule has 14 heavy (non-hydrogen) atoms. The van der Waals surface area contributed by atoms with E-state index in [1.165, 1.54) is 19.4 Å². The average molecular weight is 197 g/mol. The molecular weight excluding hydrogens is 174 g/mol. The van der Waals surface area contributed by atoms with Crippen LogP contribution in [0, 0.1) is 10.8 Å². The summed E-state index contributed by atoms with van der Waals surface area (Å²) in [7, 11) is 0. The predicted octanol–water partition coefficient (Wildman–Crippen LogP) is 2.14. The fraction of sp³-hybridized carbons (Fsp3) is 1.00. The Hall–Kier alpha value is -0.0800. The first-order valence-corrected chi connectivity index (χ1v) is 5.84. The van der Waals surface area contributed by atoms with Crippen molar-refractivity contribution in [2.45, 2.75) is 33.6 Å². The Labute approximate surface area is 87.6 Å². The molecule has 1 saturated carbocycles. The summed E-state index contributed by atoms with van der Waals surface area (Å²) >= 11 is 0. The van der Waals surface area contributed by atoms with Gasteiger partial charge in [0.1, 0.15) is 0 Å². The Kier molecular flexibility index (Phi) is 2.61. The summed E-state index contributed by atoms with van der Waals surface area (Å²) in [5.41, 5.74) is 1.09. The lowest BCUT2D eigenvalue weighted by Gasteiger charge is -2.37. The van der Waals surface area contributed by atoms with Crippen molar-refractivity contribution in [2.24, 2.45) is 10.8 Å². The Balaban J connectivity index is 1.90. The highest BCUT2D eigenvalue weighted by atomic mass is 16.5. The minimum absolute atomic E-state index is 0.477. The number of morpholine rings is 1. The van der Waals surface area contributed by atoms with Crippen molar-refractivity contribution in [1.29, 1.82) is 0 Å². The molecule has 82 valence electrons. The second kappa shape index (κ2) is 3.49. The Morgan fingerprint density at radius 2 is 1.71 bits per heavy atom. The van der Waals surface area contributed by atoms with Gasteiger partial charge >= 0.3 is 0 Å². The molecule has 2 rings (SSSR count). The molecule has 1 aliphatic heterocycles. The molecule has 2 aliphatic rings. The number of ether oxygens (including phenoxy) is 1. The lowest BCUT2D eigenvalue weighted by Crippen LogP contribution is -2.43. The highest BCUT2D eigenvalue weighted by Gasteiger charge is 2.52. The fourth-order valence-corrected chi connectivity index (χ4v) is 2.48. The van der Waals surface area contributed by atoms with Gasteiger partial charge in [-0.05, 0) is 23.7 Å². The molecule has 2 fully saturated rings. The maximum absolute atomic E-state index is 5.38. The average Bonchev–Trinajstić information content (AvgIpc) is 2.86. The zero-order valence-electron chi connectivity index (χ0n) is 9.81. The van der Waals surface area contributed by atoms with Gasteiger partial charge in [0.05, 0.1) is 13.2 Å². The van der Waals surface area contributed by atoms with Gasteiger partial charge in [0.2, 0.25) is 0 Å². The lowest BCUT2D eigenvalue weighted by atomic mass is 9.77. The van der Waals surface area contributed by atoms with Crippen molar-refractivity contribution in [3.8, 4) is 0 Å². The smallest absolute Gasteiger partial charge is 0.0594 e. The van der Waals surface area contributed by atoms with Crippen molar-refractivity contribution >= 4 is 0 Å². The van der Waals surface area contributed by atoms with Gasteiger partial charge in [0, 0.05) is 19.6 Å². The molecule has 0 atom stereocenters. The van der Waals surface area contributed by atoms with E-state index in [0.717, 1.165) is 26.3 Å². The van der Waals surface area contributed by atoms with Gasteiger partial charge in [-0.1, -0.05) is 20.8 Å². The topological polar surface area (TPSA) is 12.5 Å². The van der Waals surface area contributed by atoms with E-state index in [1.807, 2.05) is 0 Å². The SMILES string of the molecule is CC(C)(C)C1(CN2CCOCC2)CC1. The van der Waals surface area contributed by atoms with Gasteiger partial charge < -0.3 is 4.74 Å². The molecule has 0 unspecified atom stereocenters. The van der Waals surface area contributed by atoms with Crippen LogP contribution in [-0.4, -0.2) is 37.7 Å². The number of nitrogens with zero attached hydrogens (tertiary/aromatic N) is 1. The first kappa shape index (κ1) is 10.4. The standard InChI is InChI=1S/C12H23NO/c1-11(2,3)12(4-5-12)10-13-6-8-14-9-7-13/h4-10H2,1-3H3. The van der Waals surface area contributed by atoms with Crippen molar-refractivity contribution < 1.29 is 4.74 Å². The quantitative estimate of drug-likeness (QED) is 0.672. The molecule has 0 aromatic heterocycles. The molecule has 0 bridgehead atoms. The monoisotopic (exact) mass is 197 g/mol. The van der Waals surface area contributed by atoms with Crippen molar-refractivity contribution in [3.05, 3.63) is 0 Å². The van der Waals surface area contributed by atoms with Crippen LogP contribution in [0.25, 0.3) is 0 Å². The van der Waals surface area contributed by atoms with Gasteiger partial charge in [-0.3, -0.25) is 4.90 Å². The van der Waals surface area contributed by atoms with Crippen LogP contribution in [-0.2, 0) is 4.74 Å². The molecule has 0 aromatic rings. The minimum Gasteiger partial charge on any atom is -0.379 e. The van der Waals surface area contributed by atoms with Gasteiger partial charge in [-0.25, -0.2) is 0 Å². The third-order valence-electron chi connectivity index (χ3n) is 4.07. The maximum Gasteiger partial charge on any atom is 0.0594 e. The second-order valence-electron chi connectivity index (χ2n) is 5.92. The van der Waals surface area contributed by atoms with Crippen LogP contribution < -0.4 is 0 Å². The van der Waals surface area contributed by atoms with E-state index in [-0.39, 0.29) is 0 Å². The molecular formula is C12H23NO. The third kappa shape index (κ3) is 1.96. The van der Waals surface area contributed by atoms with E-state index in [1.54, 1.807) is 0 Å². The summed E-state index contributed by atoms with van der Waals surface area (Å²) in [5.74, 6) is 0. The van der Waals surface area contributed by atoms with E-state index in [4.69, 9.17) is 4.74 Å². The van der Waals surface area contributed by atoms with Crippen molar-refractivity contribution in [2.75, 3.05) is 32.8 Å². The van der Waals surface area contributed by atoms with Crippen LogP contribution in [0.5, 0.6) is 0 Å². The molecule has 0 amide bonds. The van der Waals surface area contributed by atoms with E-state index in [0.29, 0.717) is 10.8 Å². The molecule has 0 spiro atoms. The first-order chi connectivity index (χ1) is 6.54. The molecule has 1 saturated heterocycles. The number of hydrogen-bond donors (Lipinski definition) is 0. The Morgan fingerprint density at radius 1 is 1.14 bits per heavy atom. The summed E-state index contributed by atoms with van der Waals surface area (Å²) in [5, 5.41) is 0. The van der Waals surface area contributed by atoms with Crippen LogP contribution in [0.1, 0.15) is 33.6 Å². The van der Waals surface area contributed by atoms with Gasteiger partial charge in [0.15, 0.2) is 0 Å². The third-order valence-corrected chi connectivity index (χ3v) is 4.07. The van der Waals surface area contributed by atoms with E-state index in [9.17, 15) is 0 Å². The van der Waals surface area contributed by atoms with Crippen LogP contribution >= 0.6 is 0 Å². The van der Waals surface area contributed by atoms with E-state index >= 15 is 0 Å². The summed E-state index contributed by atoms with van der Waals surface area (Å²) in [6.45, 7) is 12.6. The zero-order chi connectivity index (χ0) is 10.2. The van der Waals surface area contributed by atoms with Crippen molar-refractivity contribution in [1.82, 2.24) is 4.90 Å². The van der Waals surface area contributed by atoms with Crippen LogP contribution in [0.4, 0.5) is 0 Å². The normalized spacial score (nSPS) is 27.6. The summed E-state index contributed by atoms with van der Waals surface area (Å²) in [4.78, 5) is 2.59. The number of rotatable bonds is 2. The molecule has 2 heteroatoms. The van der Waals surface area contributed by atoms with E-state index < -0.39 is 0 Å². The largest absolute Gasteiger partial charge is 0.379 e. The minimum atomic E-state index is 0.477. The lowest BCUT2D eigenvalue weighted by molar-refractivity contribution is 0.0151. The highest BCUT2D eigenvalue weighted by Crippen LogP contribution is 2.58. The van der Waals surface area contributed by atoms with Crippen molar-refractivity contribution in [3.63, 3.8) is 0 Å². The summed E-state index contributed by atoms with van der Waals surface area (Å²) < 4.78 is 5.38. The van der Waals surface area contributed by atoms with Crippen LogP contribution in [0.3, 0.4) is 0 Å². The van der Waals surface area contributed by atoms with Crippen LogP contribution in [0.15, 0.2) is 0 Å². The fourth-order valence-electron chi connectivity index (χ4n) is 2.48. The molecule has 0 aromatic carbocycles. The molecule has 0 N–H and O–H groups in total. The molecule has 2 nitrogen and oxygen atoms in total. The molecule has 0 radical (unpaired) electrons. The van der Waals surface area contributed by atoms with Gasteiger partial charge in [0.25, 0.3) is 0 Å². The molecule has 1 heterocycles. The second-order valence-corrected chi connectivity index (χ2v) is 5.92. The predicted molar refractivity (Wildman–Crippen MR) is 58.4 cm³/mol.